The molecular formula is C16H25NOSi. The molecule has 1 aromatic rings. The van der Waals surface area contributed by atoms with E-state index in [0.717, 1.165) is 6.54 Å². The Morgan fingerprint density at radius 3 is 2.26 bits per heavy atom. The van der Waals surface area contributed by atoms with E-state index in [2.05, 4.69) is 49.2 Å². The van der Waals surface area contributed by atoms with Crippen LogP contribution in [0.2, 0.25) is 25.2 Å². The molecule has 0 bridgehead atoms. The van der Waals surface area contributed by atoms with Gasteiger partial charge in [0.1, 0.15) is 6.10 Å². The fourth-order valence-electron chi connectivity index (χ4n) is 2.92. The van der Waals surface area contributed by atoms with Gasteiger partial charge in [-0.1, -0.05) is 37.4 Å². The van der Waals surface area contributed by atoms with Crippen molar-refractivity contribution in [1.29, 1.82) is 0 Å². The smallest absolute Gasteiger partial charge is 0.109 e. The average Bonchev–Trinajstić information content (AvgIpc) is 3.10. The molecule has 0 radical (unpaired) electrons. The molecule has 0 aromatic heterocycles. The van der Waals surface area contributed by atoms with Crippen LogP contribution < -0.4 is 0 Å². The Bertz CT molecular complexity index is 433. The zero-order valence-corrected chi connectivity index (χ0v) is 13.4. The van der Waals surface area contributed by atoms with Crippen molar-refractivity contribution < 1.29 is 4.74 Å². The molecule has 0 amide bonds. The Morgan fingerprint density at radius 2 is 1.74 bits per heavy atom. The van der Waals surface area contributed by atoms with Gasteiger partial charge in [-0.3, -0.25) is 4.90 Å². The van der Waals surface area contributed by atoms with Gasteiger partial charge in [0.15, 0.2) is 0 Å². The van der Waals surface area contributed by atoms with Gasteiger partial charge in [0.05, 0.1) is 6.10 Å². The summed E-state index contributed by atoms with van der Waals surface area (Å²) in [5.74, 6) is 0. The largest absolute Gasteiger partial charge is 0.365 e. The minimum atomic E-state index is -0.831. The van der Waals surface area contributed by atoms with Crippen LogP contribution in [0.25, 0.3) is 0 Å². The summed E-state index contributed by atoms with van der Waals surface area (Å²) in [6, 6.07) is 12.0. The molecule has 1 aromatic carbocycles. The highest BCUT2D eigenvalue weighted by Gasteiger charge is 2.35. The van der Waals surface area contributed by atoms with Crippen molar-refractivity contribution in [1.82, 2.24) is 4.90 Å². The average molecular weight is 275 g/mol. The van der Waals surface area contributed by atoms with E-state index in [1.165, 1.54) is 36.3 Å². The van der Waals surface area contributed by atoms with Crippen molar-refractivity contribution in [2.45, 2.75) is 50.9 Å². The molecule has 104 valence electrons. The van der Waals surface area contributed by atoms with Crippen LogP contribution in [0.4, 0.5) is 0 Å². The van der Waals surface area contributed by atoms with E-state index < -0.39 is 8.07 Å². The molecule has 3 rings (SSSR count). The zero-order chi connectivity index (χ0) is 13.5. The first-order chi connectivity index (χ1) is 9.03. The molecule has 2 unspecified atom stereocenters. The summed E-state index contributed by atoms with van der Waals surface area (Å²) in [7, 11) is -0.831. The van der Waals surface area contributed by atoms with Gasteiger partial charge < -0.3 is 4.74 Å². The van der Waals surface area contributed by atoms with E-state index in [0.29, 0.717) is 12.2 Å². The Hall–Kier alpha value is -0.643. The minimum absolute atomic E-state index is 0.357. The molecule has 0 spiro atoms. The van der Waals surface area contributed by atoms with Crippen LogP contribution in [-0.2, 0) is 11.3 Å². The SMILES string of the molecule is CC1OC1c1ccc(CN2CC[Si](C)(C)CC2)cc1. The highest BCUT2D eigenvalue weighted by molar-refractivity contribution is 6.77. The molecule has 19 heavy (non-hydrogen) atoms. The van der Waals surface area contributed by atoms with Gasteiger partial charge in [0, 0.05) is 14.6 Å². The van der Waals surface area contributed by atoms with Crippen molar-refractivity contribution in [2.24, 2.45) is 0 Å². The van der Waals surface area contributed by atoms with Crippen LogP contribution in [0.3, 0.4) is 0 Å². The number of hydrogen-bond donors (Lipinski definition) is 0. The number of epoxide rings is 1. The maximum Gasteiger partial charge on any atom is 0.109 e. The second-order valence-corrected chi connectivity index (χ2v) is 12.3. The molecule has 2 aliphatic heterocycles. The van der Waals surface area contributed by atoms with Crippen LogP contribution in [0.5, 0.6) is 0 Å². The van der Waals surface area contributed by atoms with E-state index in [4.69, 9.17) is 4.74 Å². The molecule has 2 aliphatic rings. The molecule has 2 saturated heterocycles. The van der Waals surface area contributed by atoms with E-state index in [1.807, 2.05) is 0 Å². The quantitative estimate of drug-likeness (QED) is 0.618. The van der Waals surface area contributed by atoms with Gasteiger partial charge >= 0.3 is 0 Å². The molecule has 2 nitrogen and oxygen atoms in total. The molecule has 2 fully saturated rings. The third-order valence-corrected chi connectivity index (χ3v) is 7.79. The predicted octanol–water partition coefficient (Wildman–Crippen LogP) is 3.67. The van der Waals surface area contributed by atoms with E-state index in [-0.39, 0.29) is 0 Å². The first-order valence-corrected chi connectivity index (χ1v) is 10.9. The highest BCUT2D eigenvalue weighted by atomic mass is 28.3. The van der Waals surface area contributed by atoms with E-state index in [9.17, 15) is 0 Å². The van der Waals surface area contributed by atoms with E-state index in [1.54, 1.807) is 0 Å². The number of ether oxygens (including phenoxy) is 1. The van der Waals surface area contributed by atoms with Gasteiger partial charge in [-0.15, -0.1) is 0 Å². The molecule has 0 saturated carbocycles. The lowest BCUT2D eigenvalue weighted by atomic mass is 10.1. The first-order valence-electron chi connectivity index (χ1n) is 7.50. The third-order valence-electron chi connectivity index (χ3n) is 4.64. The maximum absolute atomic E-state index is 5.51. The second kappa shape index (κ2) is 5.04. The standard InChI is InChI=1S/C16H25NOSi/c1-13-16(18-13)15-6-4-14(5-7-15)12-17-8-10-19(2,3)11-9-17/h4-7,13,16H,8-12H2,1-3H3. The number of nitrogens with zero attached hydrogens (tertiary/aromatic N) is 1. The molecular weight excluding hydrogens is 250 g/mol. The summed E-state index contributed by atoms with van der Waals surface area (Å²) in [5.41, 5.74) is 2.78. The fourth-order valence-corrected chi connectivity index (χ4v) is 5.02. The zero-order valence-electron chi connectivity index (χ0n) is 12.4. The summed E-state index contributed by atoms with van der Waals surface area (Å²) < 4.78 is 5.51. The monoisotopic (exact) mass is 275 g/mol. The van der Waals surface area contributed by atoms with Crippen molar-refractivity contribution in [3.05, 3.63) is 35.4 Å². The van der Waals surface area contributed by atoms with Gasteiger partial charge in [0.25, 0.3) is 0 Å². The summed E-state index contributed by atoms with van der Waals surface area (Å²) in [5, 5.41) is 0. The van der Waals surface area contributed by atoms with Crippen molar-refractivity contribution in [2.75, 3.05) is 13.1 Å². The number of hydrogen-bond acceptors (Lipinski definition) is 2. The minimum Gasteiger partial charge on any atom is -0.365 e. The Labute approximate surface area is 117 Å². The Morgan fingerprint density at radius 1 is 1.16 bits per heavy atom. The van der Waals surface area contributed by atoms with Gasteiger partial charge in [-0.2, -0.15) is 0 Å². The van der Waals surface area contributed by atoms with Crippen LogP contribution in [0.1, 0.15) is 24.2 Å². The topological polar surface area (TPSA) is 15.8 Å². The van der Waals surface area contributed by atoms with Crippen molar-refractivity contribution >= 4 is 8.07 Å². The lowest BCUT2D eigenvalue weighted by Crippen LogP contribution is -2.42. The first kappa shape index (κ1) is 13.3. The predicted molar refractivity (Wildman–Crippen MR) is 82.1 cm³/mol. The van der Waals surface area contributed by atoms with Gasteiger partial charge in [0.2, 0.25) is 0 Å². The third kappa shape index (κ3) is 3.27. The lowest BCUT2D eigenvalue weighted by Gasteiger charge is -2.35. The fraction of sp³-hybridized carbons (Fsp3) is 0.625. The van der Waals surface area contributed by atoms with Crippen LogP contribution >= 0.6 is 0 Å². The van der Waals surface area contributed by atoms with Crippen molar-refractivity contribution in [3.63, 3.8) is 0 Å². The van der Waals surface area contributed by atoms with E-state index >= 15 is 0 Å². The summed E-state index contributed by atoms with van der Waals surface area (Å²) >= 11 is 0. The summed E-state index contributed by atoms with van der Waals surface area (Å²) in [6.07, 6.45) is 0.774. The summed E-state index contributed by atoms with van der Waals surface area (Å²) in [4.78, 5) is 2.61. The normalized spacial score (nSPS) is 30.3. The summed E-state index contributed by atoms with van der Waals surface area (Å²) in [6.45, 7) is 10.9. The van der Waals surface area contributed by atoms with Crippen LogP contribution in [0, 0.1) is 0 Å². The molecule has 3 heteroatoms. The Balaban J connectivity index is 1.55. The lowest BCUT2D eigenvalue weighted by molar-refractivity contribution is 0.281. The highest BCUT2D eigenvalue weighted by Crippen LogP contribution is 2.38. The maximum atomic E-state index is 5.51. The molecule has 2 atom stereocenters. The van der Waals surface area contributed by atoms with Gasteiger partial charge in [-0.25, -0.2) is 0 Å². The second-order valence-electron chi connectivity index (χ2n) is 6.94. The molecule has 0 N–H and O–H groups in total. The van der Waals surface area contributed by atoms with Gasteiger partial charge in [-0.05, 0) is 43.2 Å². The number of benzene rings is 1. The van der Waals surface area contributed by atoms with Crippen molar-refractivity contribution in [3.8, 4) is 0 Å². The van der Waals surface area contributed by atoms with Crippen LogP contribution in [-0.4, -0.2) is 32.2 Å². The Kier molecular flexibility index (Phi) is 3.54. The van der Waals surface area contributed by atoms with Crippen LogP contribution in [0.15, 0.2) is 24.3 Å². The number of rotatable bonds is 3. The molecule has 2 heterocycles. The molecule has 0 aliphatic carbocycles.